The molecule has 2 amide bonds. The Morgan fingerprint density at radius 1 is 1.07 bits per heavy atom. The molecule has 0 aliphatic heterocycles. The fraction of sp³-hybridized carbons (Fsp3) is 0.300. The lowest BCUT2D eigenvalue weighted by molar-refractivity contribution is -0.114. The van der Waals surface area contributed by atoms with Gasteiger partial charge >= 0.3 is 0 Å². The van der Waals surface area contributed by atoms with Gasteiger partial charge in [0.2, 0.25) is 5.91 Å². The van der Waals surface area contributed by atoms with E-state index in [4.69, 9.17) is 16.3 Å². The number of rotatable bonds is 9. The average Bonchev–Trinajstić information content (AvgIpc) is 2.67. The number of benzene rings is 2. The molecular formula is C20H24ClN3O3. The van der Waals surface area contributed by atoms with Crippen molar-refractivity contribution >= 4 is 34.8 Å². The van der Waals surface area contributed by atoms with Gasteiger partial charge in [-0.05, 0) is 48.9 Å². The lowest BCUT2D eigenvalue weighted by Gasteiger charge is -2.10. The number of carbonyl (C=O) groups excluding carboxylic acids is 2. The number of unbranched alkanes of at least 4 members (excludes halogenated alkanes) is 1. The molecule has 2 rings (SSSR count). The number of hydrogen-bond donors (Lipinski definition) is 3. The van der Waals surface area contributed by atoms with Gasteiger partial charge in [0.05, 0.1) is 18.7 Å². The maximum Gasteiger partial charge on any atom is 0.251 e. The van der Waals surface area contributed by atoms with Crippen molar-refractivity contribution in [3.8, 4) is 5.75 Å². The molecule has 144 valence electrons. The summed E-state index contributed by atoms with van der Waals surface area (Å²) in [6, 6.07) is 12.0. The van der Waals surface area contributed by atoms with Crippen LogP contribution >= 0.6 is 11.6 Å². The molecule has 0 spiro atoms. The van der Waals surface area contributed by atoms with Gasteiger partial charge in [0.25, 0.3) is 5.91 Å². The van der Waals surface area contributed by atoms with Crippen molar-refractivity contribution in [3.05, 3.63) is 53.1 Å². The molecular weight excluding hydrogens is 366 g/mol. The quantitative estimate of drug-likeness (QED) is 0.568. The molecule has 0 aromatic heterocycles. The van der Waals surface area contributed by atoms with E-state index in [0.29, 0.717) is 28.6 Å². The molecule has 0 saturated carbocycles. The molecule has 2 aromatic rings. The number of carbonyl (C=O) groups is 2. The fourth-order valence-electron chi connectivity index (χ4n) is 2.35. The summed E-state index contributed by atoms with van der Waals surface area (Å²) in [5.41, 5.74) is 1.93. The number of amides is 2. The van der Waals surface area contributed by atoms with E-state index < -0.39 is 0 Å². The van der Waals surface area contributed by atoms with Crippen LogP contribution in [-0.4, -0.2) is 32.0 Å². The molecule has 2 aromatic carbocycles. The van der Waals surface area contributed by atoms with Crippen LogP contribution < -0.4 is 20.7 Å². The van der Waals surface area contributed by atoms with Crippen LogP contribution in [0, 0.1) is 0 Å². The van der Waals surface area contributed by atoms with Gasteiger partial charge in [0.15, 0.2) is 0 Å². The van der Waals surface area contributed by atoms with Gasteiger partial charge in [-0.3, -0.25) is 9.59 Å². The van der Waals surface area contributed by atoms with Crippen LogP contribution in [0.2, 0.25) is 5.02 Å². The molecule has 0 atom stereocenters. The highest BCUT2D eigenvalue weighted by Crippen LogP contribution is 2.27. The maximum atomic E-state index is 12.1. The van der Waals surface area contributed by atoms with E-state index in [-0.39, 0.29) is 18.4 Å². The zero-order valence-corrected chi connectivity index (χ0v) is 16.2. The predicted molar refractivity (Wildman–Crippen MR) is 109 cm³/mol. The summed E-state index contributed by atoms with van der Waals surface area (Å²) in [6.07, 6.45) is 1.99. The zero-order valence-electron chi connectivity index (χ0n) is 15.5. The van der Waals surface area contributed by atoms with Crippen molar-refractivity contribution in [2.45, 2.75) is 19.8 Å². The van der Waals surface area contributed by atoms with Crippen LogP contribution in [0.5, 0.6) is 5.75 Å². The Hall–Kier alpha value is -2.73. The molecule has 0 unspecified atom stereocenters. The summed E-state index contributed by atoms with van der Waals surface area (Å²) in [6.45, 7) is 2.84. The van der Waals surface area contributed by atoms with E-state index in [0.717, 1.165) is 18.5 Å². The molecule has 0 radical (unpaired) electrons. The van der Waals surface area contributed by atoms with Crippen molar-refractivity contribution in [1.82, 2.24) is 5.32 Å². The second kappa shape index (κ2) is 10.4. The van der Waals surface area contributed by atoms with Crippen LogP contribution in [0.3, 0.4) is 0 Å². The summed E-state index contributed by atoms with van der Waals surface area (Å²) in [4.78, 5) is 24.0. The van der Waals surface area contributed by atoms with Crippen LogP contribution in [-0.2, 0) is 4.79 Å². The van der Waals surface area contributed by atoms with Crippen molar-refractivity contribution in [2.75, 3.05) is 30.8 Å². The van der Waals surface area contributed by atoms with Gasteiger partial charge in [-0.25, -0.2) is 0 Å². The van der Waals surface area contributed by atoms with E-state index in [2.05, 4.69) is 22.9 Å². The summed E-state index contributed by atoms with van der Waals surface area (Å²) in [5.74, 6) is 0.244. The second-order valence-corrected chi connectivity index (χ2v) is 6.35. The monoisotopic (exact) mass is 389 g/mol. The fourth-order valence-corrected chi connectivity index (χ4v) is 2.61. The van der Waals surface area contributed by atoms with E-state index in [1.165, 1.54) is 7.11 Å². The Morgan fingerprint density at radius 3 is 2.41 bits per heavy atom. The molecule has 0 aliphatic rings. The molecule has 27 heavy (non-hydrogen) atoms. The molecule has 0 fully saturated rings. The van der Waals surface area contributed by atoms with Gasteiger partial charge in [-0.15, -0.1) is 0 Å². The summed E-state index contributed by atoms with van der Waals surface area (Å²) in [7, 11) is 1.53. The zero-order chi connectivity index (χ0) is 19.6. The van der Waals surface area contributed by atoms with Crippen molar-refractivity contribution in [3.63, 3.8) is 0 Å². The summed E-state index contributed by atoms with van der Waals surface area (Å²) < 4.78 is 5.08. The Bertz CT molecular complexity index is 779. The number of ether oxygens (including phenoxy) is 1. The van der Waals surface area contributed by atoms with Gasteiger partial charge in [0, 0.05) is 23.5 Å². The topological polar surface area (TPSA) is 79.5 Å². The van der Waals surface area contributed by atoms with Gasteiger partial charge in [-0.2, -0.15) is 0 Å². The number of halogens is 1. The third-order valence-corrected chi connectivity index (χ3v) is 4.15. The van der Waals surface area contributed by atoms with Crippen LogP contribution in [0.25, 0.3) is 0 Å². The van der Waals surface area contributed by atoms with Crippen molar-refractivity contribution < 1.29 is 14.3 Å². The lowest BCUT2D eigenvalue weighted by atomic mass is 10.2. The Labute approximate surface area is 164 Å². The molecule has 0 heterocycles. The van der Waals surface area contributed by atoms with Gasteiger partial charge in [-0.1, -0.05) is 24.9 Å². The highest BCUT2D eigenvalue weighted by atomic mass is 35.5. The largest absolute Gasteiger partial charge is 0.495 e. The average molecular weight is 390 g/mol. The van der Waals surface area contributed by atoms with E-state index >= 15 is 0 Å². The van der Waals surface area contributed by atoms with Crippen LogP contribution in [0.4, 0.5) is 11.4 Å². The Kier molecular flexibility index (Phi) is 7.95. The molecule has 0 aliphatic carbocycles. The minimum Gasteiger partial charge on any atom is -0.495 e. The maximum absolute atomic E-state index is 12.1. The second-order valence-electron chi connectivity index (χ2n) is 5.94. The first-order chi connectivity index (χ1) is 13.0. The first-order valence-corrected chi connectivity index (χ1v) is 9.16. The highest BCUT2D eigenvalue weighted by Gasteiger charge is 2.07. The number of nitrogens with one attached hydrogen (secondary N) is 3. The standard InChI is InChI=1S/C20H24ClN3O3/c1-3-4-11-22-20(26)14-5-7-15(8-6-14)23-13-19(25)24-16-9-10-18(27-2)17(21)12-16/h5-10,12,23H,3-4,11,13H2,1-2H3,(H,22,26)(H,24,25). The minimum atomic E-state index is -0.211. The van der Waals surface area contributed by atoms with Crippen molar-refractivity contribution in [1.29, 1.82) is 0 Å². The first kappa shape index (κ1) is 20.6. The summed E-state index contributed by atoms with van der Waals surface area (Å²) >= 11 is 6.04. The molecule has 0 saturated heterocycles. The third-order valence-electron chi connectivity index (χ3n) is 3.85. The molecule has 0 bridgehead atoms. The van der Waals surface area contributed by atoms with Crippen LogP contribution in [0.1, 0.15) is 30.1 Å². The normalized spacial score (nSPS) is 10.2. The Balaban J connectivity index is 1.82. The molecule has 7 heteroatoms. The highest BCUT2D eigenvalue weighted by molar-refractivity contribution is 6.32. The molecule has 3 N–H and O–H groups in total. The predicted octanol–water partition coefficient (Wildman–Crippen LogP) is 3.93. The van der Waals surface area contributed by atoms with Gasteiger partial charge < -0.3 is 20.7 Å². The van der Waals surface area contributed by atoms with E-state index in [1.54, 1.807) is 42.5 Å². The number of anilines is 2. The van der Waals surface area contributed by atoms with Crippen molar-refractivity contribution in [2.24, 2.45) is 0 Å². The van der Waals surface area contributed by atoms with Crippen LogP contribution in [0.15, 0.2) is 42.5 Å². The van der Waals surface area contributed by atoms with E-state index in [9.17, 15) is 9.59 Å². The Morgan fingerprint density at radius 2 is 1.78 bits per heavy atom. The smallest absolute Gasteiger partial charge is 0.251 e. The SMILES string of the molecule is CCCCNC(=O)c1ccc(NCC(=O)Nc2ccc(OC)c(Cl)c2)cc1. The van der Waals surface area contributed by atoms with E-state index in [1.807, 2.05) is 0 Å². The number of hydrogen-bond acceptors (Lipinski definition) is 4. The molecule has 6 nitrogen and oxygen atoms in total. The third kappa shape index (κ3) is 6.49. The summed E-state index contributed by atoms with van der Waals surface area (Å²) in [5, 5.41) is 9.07. The number of methoxy groups -OCH3 is 1. The first-order valence-electron chi connectivity index (χ1n) is 8.79. The lowest BCUT2D eigenvalue weighted by Crippen LogP contribution is -2.24. The minimum absolute atomic E-state index is 0.0890. The van der Waals surface area contributed by atoms with Gasteiger partial charge in [0.1, 0.15) is 5.75 Å².